The lowest BCUT2D eigenvalue weighted by molar-refractivity contribution is -0.130. The lowest BCUT2D eigenvalue weighted by Gasteiger charge is -2.40. The first-order valence-corrected chi connectivity index (χ1v) is 16.7. The molecule has 14 nitrogen and oxygen atoms in total. The summed E-state index contributed by atoms with van der Waals surface area (Å²) in [7, 11) is 0. The predicted octanol–water partition coefficient (Wildman–Crippen LogP) is 4.64. The number of carbonyl (C=O) groups is 1. The van der Waals surface area contributed by atoms with Gasteiger partial charge in [-0.05, 0) is 92.7 Å². The third kappa shape index (κ3) is 9.12. The fourth-order valence-electron chi connectivity index (χ4n) is 7.62. The largest absolute Gasteiger partial charge is 0.470 e. The highest BCUT2D eigenvalue weighted by atomic mass is 16.5. The van der Waals surface area contributed by atoms with Crippen molar-refractivity contribution in [3.8, 4) is 0 Å². The minimum absolute atomic E-state index is 0.0120. The van der Waals surface area contributed by atoms with Crippen LogP contribution in [0.15, 0.2) is 26.4 Å². The number of nitrogens with zero attached hydrogens (tertiary/aromatic N) is 7. The van der Waals surface area contributed by atoms with Crippen molar-refractivity contribution in [3.63, 3.8) is 0 Å². The van der Waals surface area contributed by atoms with Crippen LogP contribution >= 0.6 is 0 Å². The van der Waals surface area contributed by atoms with Gasteiger partial charge in [0.25, 0.3) is 5.91 Å². The Hall–Kier alpha value is -2.86. The van der Waals surface area contributed by atoms with E-state index in [0.29, 0.717) is 38.3 Å². The van der Waals surface area contributed by atoms with E-state index in [-0.39, 0.29) is 49.5 Å². The summed E-state index contributed by atoms with van der Waals surface area (Å²) in [6.07, 6.45) is 9.70. The first-order valence-electron chi connectivity index (χ1n) is 16.7. The van der Waals surface area contributed by atoms with Crippen molar-refractivity contribution in [1.82, 2.24) is 5.32 Å². The average Bonchev–Trinajstić information content (AvgIpc) is 3.46. The molecule has 0 spiro atoms. The molecule has 0 aromatic heterocycles. The number of ether oxygens (including phenoxy) is 2. The molecular weight excluding hydrogens is 580 g/mol. The van der Waals surface area contributed by atoms with Crippen molar-refractivity contribution in [2.75, 3.05) is 39.5 Å². The normalized spacial score (nSPS) is 30.8. The summed E-state index contributed by atoms with van der Waals surface area (Å²) in [6, 6.07) is 0. The van der Waals surface area contributed by atoms with Crippen LogP contribution in [0.1, 0.15) is 89.9 Å². The van der Waals surface area contributed by atoms with E-state index in [4.69, 9.17) is 30.6 Å². The van der Waals surface area contributed by atoms with E-state index in [2.05, 4.69) is 25.4 Å². The van der Waals surface area contributed by atoms with Crippen molar-refractivity contribution in [1.29, 1.82) is 0 Å². The Bertz CT molecular complexity index is 1140. The molecule has 3 aliphatic carbocycles. The number of aliphatic hydroxyl groups excluding tert-OH is 3. The number of aliphatic imine (C=N–C) groups is 1. The van der Waals surface area contributed by atoms with Crippen LogP contribution in [0.5, 0.6) is 0 Å². The third-order valence-corrected chi connectivity index (χ3v) is 10.1. The average molecular weight is 631 g/mol. The molecule has 250 valence electrons. The van der Waals surface area contributed by atoms with Crippen LogP contribution in [0.2, 0.25) is 0 Å². The minimum atomic E-state index is -1.33. The Labute approximate surface area is 264 Å². The van der Waals surface area contributed by atoms with Gasteiger partial charge in [-0.3, -0.25) is 4.79 Å². The van der Waals surface area contributed by atoms with Gasteiger partial charge in [0.15, 0.2) is 17.5 Å². The summed E-state index contributed by atoms with van der Waals surface area (Å²) < 4.78 is 12.8. The molecule has 0 aromatic carbocycles. The van der Waals surface area contributed by atoms with Crippen molar-refractivity contribution >= 4 is 11.8 Å². The second-order valence-electron chi connectivity index (χ2n) is 13.0. The molecular formula is C31H50N8O6. The maximum atomic E-state index is 14.5. The Kier molecular flexibility index (Phi) is 13.8. The van der Waals surface area contributed by atoms with E-state index in [0.717, 1.165) is 81.8 Å². The van der Waals surface area contributed by atoms with Gasteiger partial charge in [0.1, 0.15) is 0 Å². The van der Waals surface area contributed by atoms with Gasteiger partial charge in [0, 0.05) is 48.6 Å². The molecule has 2 fully saturated rings. The number of aliphatic hydroxyl groups is 3. The van der Waals surface area contributed by atoms with Crippen molar-refractivity contribution in [3.05, 3.63) is 32.0 Å². The summed E-state index contributed by atoms with van der Waals surface area (Å²) in [5, 5.41) is 39.4. The molecule has 4 aliphatic rings. The molecule has 1 aliphatic heterocycles. The molecule has 1 heterocycles. The quantitative estimate of drug-likeness (QED) is 0.0625. The van der Waals surface area contributed by atoms with Gasteiger partial charge < -0.3 is 30.1 Å². The van der Waals surface area contributed by atoms with Gasteiger partial charge in [-0.25, -0.2) is 4.99 Å². The first-order chi connectivity index (χ1) is 21.9. The zero-order valence-corrected chi connectivity index (χ0v) is 26.3. The molecule has 1 amide bonds. The number of azide groups is 2. The topological polar surface area (TPSA) is 218 Å². The molecule has 14 heteroatoms. The summed E-state index contributed by atoms with van der Waals surface area (Å²) >= 11 is 0. The number of carbonyl (C=O) groups excluding carboxylic acids is 1. The van der Waals surface area contributed by atoms with E-state index >= 15 is 0 Å². The standard InChI is InChI=1S/C31H50N8O6/c32-38-35-17-23-7-2-1-6-22(23)16-31(30(43)34-19-25(42)20-41)28(27-9-4-3-8-24(27)18-36-39-33)45-29(37-31)21-10-12-26(13-11-21)44-15-5-14-40/h21-23,25-26,28,40-42H,1-20H2,(H,34,43)/t21?,22?,23?,25?,26?,28-,31-/m0/s1. The van der Waals surface area contributed by atoms with Gasteiger partial charge in [-0.15, -0.1) is 0 Å². The Balaban J connectivity index is 1.73. The van der Waals surface area contributed by atoms with Gasteiger partial charge in [0.2, 0.25) is 0 Å². The molecule has 0 radical (unpaired) electrons. The number of amides is 1. The molecule has 0 saturated heterocycles. The summed E-state index contributed by atoms with van der Waals surface area (Å²) in [5.74, 6) is 0.391. The van der Waals surface area contributed by atoms with Crippen molar-refractivity contribution in [2.24, 2.45) is 33.0 Å². The molecule has 45 heavy (non-hydrogen) atoms. The SMILES string of the molecule is [N-]=[N+]=NCC1=C([C@@H]2OC(C3CCC(OCCCO)CC3)=N[C@]2(CC2CCCCC2CN=[N+]=[N-])C(=O)NCC(O)CO)CCCC1. The van der Waals surface area contributed by atoms with Crippen LogP contribution < -0.4 is 5.32 Å². The van der Waals surface area contributed by atoms with Crippen LogP contribution in [0.25, 0.3) is 20.9 Å². The lowest BCUT2D eigenvalue weighted by Crippen LogP contribution is -2.56. The monoisotopic (exact) mass is 630 g/mol. The van der Waals surface area contributed by atoms with Gasteiger partial charge in [-0.2, -0.15) is 0 Å². The lowest BCUT2D eigenvalue weighted by atomic mass is 9.69. The summed E-state index contributed by atoms with van der Waals surface area (Å²) in [6.45, 7) is 0.584. The highest BCUT2D eigenvalue weighted by molar-refractivity contribution is 5.95. The van der Waals surface area contributed by atoms with Crippen molar-refractivity contribution in [2.45, 2.75) is 114 Å². The predicted molar refractivity (Wildman–Crippen MR) is 168 cm³/mol. The highest BCUT2D eigenvalue weighted by Crippen LogP contribution is 2.47. The molecule has 0 aromatic rings. The molecule has 5 atom stereocenters. The summed E-state index contributed by atoms with van der Waals surface area (Å²) in [5.41, 5.74) is 18.8. The second kappa shape index (κ2) is 17.7. The Morgan fingerprint density at radius 1 is 1.04 bits per heavy atom. The Morgan fingerprint density at radius 3 is 2.49 bits per heavy atom. The third-order valence-electron chi connectivity index (χ3n) is 10.1. The maximum Gasteiger partial charge on any atom is 0.252 e. The number of hydrogen-bond acceptors (Lipinski definition) is 9. The maximum absolute atomic E-state index is 14.5. The number of hydrogen-bond donors (Lipinski definition) is 4. The van der Waals surface area contributed by atoms with Gasteiger partial charge in [0.05, 0.1) is 18.8 Å². The highest BCUT2D eigenvalue weighted by Gasteiger charge is 2.56. The van der Waals surface area contributed by atoms with Crippen LogP contribution in [-0.2, 0) is 14.3 Å². The molecule has 4 N–H and O–H groups in total. The molecule has 3 unspecified atom stereocenters. The van der Waals surface area contributed by atoms with Crippen LogP contribution in [0.4, 0.5) is 0 Å². The molecule has 0 bridgehead atoms. The molecule has 2 saturated carbocycles. The Morgan fingerprint density at radius 2 is 1.78 bits per heavy atom. The van der Waals surface area contributed by atoms with Crippen LogP contribution in [0.3, 0.4) is 0 Å². The smallest absolute Gasteiger partial charge is 0.252 e. The van der Waals surface area contributed by atoms with Gasteiger partial charge >= 0.3 is 0 Å². The van der Waals surface area contributed by atoms with Crippen molar-refractivity contribution < 1.29 is 29.6 Å². The van der Waals surface area contributed by atoms with E-state index < -0.39 is 24.4 Å². The van der Waals surface area contributed by atoms with Gasteiger partial charge in [-0.1, -0.05) is 41.5 Å². The van der Waals surface area contributed by atoms with Crippen LogP contribution in [-0.4, -0.2) is 90.4 Å². The fraction of sp³-hybridized carbons (Fsp3) is 0.871. The number of rotatable bonds is 16. The zero-order valence-electron chi connectivity index (χ0n) is 26.3. The summed E-state index contributed by atoms with van der Waals surface area (Å²) in [4.78, 5) is 25.7. The molecule has 4 rings (SSSR count). The van der Waals surface area contributed by atoms with E-state index in [9.17, 15) is 15.0 Å². The number of nitrogens with one attached hydrogen (secondary N) is 1. The zero-order chi connectivity index (χ0) is 32.1. The van der Waals surface area contributed by atoms with Crippen LogP contribution in [0, 0.1) is 17.8 Å². The second-order valence-corrected chi connectivity index (χ2v) is 13.0. The van der Waals surface area contributed by atoms with E-state index in [1.54, 1.807) is 0 Å². The first kappa shape index (κ1) is 35.0. The van der Waals surface area contributed by atoms with E-state index in [1.165, 1.54) is 0 Å². The minimum Gasteiger partial charge on any atom is -0.470 e. The fourth-order valence-corrected chi connectivity index (χ4v) is 7.62. The van der Waals surface area contributed by atoms with E-state index in [1.807, 2.05) is 0 Å².